The number of carbonyl (C=O) groups is 1. The Morgan fingerprint density at radius 2 is 1.96 bits per heavy atom. The number of methoxy groups -OCH3 is 1. The molecule has 0 unspecified atom stereocenters. The molecule has 0 saturated carbocycles. The van der Waals surface area contributed by atoms with E-state index < -0.39 is 0 Å². The van der Waals surface area contributed by atoms with E-state index in [0.29, 0.717) is 17.3 Å². The first-order chi connectivity index (χ1) is 12.6. The first-order valence-corrected chi connectivity index (χ1v) is 9.22. The van der Waals surface area contributed by atoms with Crippen LogP contribution in [0.1, 0.15) is 5.56 Å². The van der Waals surface area contributed by atoms with Crippen LogP contribution < -0.4 is 19.9 Å². The Morgan fingerprint density at radius 3 is 2.65 bits per heavy atom. The number of anilines is 2. The minimum Gasteiger partial charge on any atom is -0.495 e. The van der Waals surface area contributed by atoms with Crippen LogP contribution in [0.15, 0.2) is 42.5 Å². The number of para-hydroxylation sites is 2. The van der Waals surface area contributed by atoms with Crippen LogP contribution in [0.5, 0.6) is 5.75 Å². The van der Waals surface area contributed by atoms with Gasteiger partial charge in [-0.05, 0) is 36.8 Å². The Balaban J connectivity index is 1.53. The van der Waals surface area contributed by atoms with Crippen LogP contribution in [0.4, 0.5) is 11.4 Å². The summed E-state index contributed by atoms with van der Waals surface area (Å²) in [6.07, 6.45) is 0. The van der Waals surface area contributed by atoms with Gasteiger partial charge in [-0.1, -0.05) is 29.8 Å². The van der Waals surface area contributed by atoms with Crippen molar-refractivity contribution in [2.45, 2.75) is 6.92 Å². The third-order valence-corrected chi connectivity index (χ3v) is 5.02. The lowest BCUT2D eigenvalue weighted by atomic mass is 10.2. The minimum atomic E-state index is -0.00325. The molecule has 26 heavy (non-hydrogen) atoms. The smallest absolute Gasteiger partial charge is 0.279 e. The lowest BCUT2D eigenvalue weighted by Gasteiger charge is -2.34. The fourth-order valence-electron chi connectivity index (χ4n) is 3.27. The molecule has 2 aromatic rings. The van der Waals surface area contributed by atoms with Gasteiger partial charge in [0.2, 0.25) is 0 Å². The van der Waals surface area contributed by atoms with Gasteiger partial charge in [0.25, 0.3) is 5.91 Å². The summed E-state index contributed by atoms with van der Waals surface area (Å²) < 4.78 is 5.45. The van der Waals surface area contributed by atoms with E-state index in [1.807, 2.05) is 43.3 Å². The van der Waals surface area contributed by atoms with Crippen molar-refractivity contribution >= 4 is 28.9 Å². The zero-order valence-electron chi connectivity index (χ0n) is 15.2. The fourth-order valence-corrected chi connectivity index (χ4v) is 3.56. The molecule has 1 amide bonds. The van der Waals surface area contributed by atoms with E-state index in [9.17, 15) is 4.79 Å². The van der Waals surface area contributed by atoms with Crippen molar-refractivity contribution in [2.24, 2.45) is 0 Å². The summed E-state index contributed by atoms with van der Waals surface area (Å²) in [4.78, 5) is 15.9. The molecule has 0 spiro atoms. The summed E-state index contributed by atoms with van der Waals surface area (Å²) in [7, 11) is 1.70. The molecule has 6 heteroatoms. The number of ether oxygens (including phenoxy) is 1. The number of rotatable bonds is 5. The number of quaternary nitrogens is 1. The molecule has 3 rings (SSSR count). The Hall–Kier alpha value is -2.24. The molecule has 0 radical (unpaired) electrons. The number of nitrogens with zero attached hydrogens (tertiary/aromatic N) is 1. The lowest BCUT2D eigenvalue weighted by Crippen LogP contribution is -3.15. The monoisotopic (exact) mass is 374 g/mol. The highest BCUT2D eigenvalue weighted by atomic mass is 35.5. The van der Waals surface area contributed by atoms with E-state index in [1.54, 1.807) is 7.11 Å². The first kappa shape index (κ1) is 18.5. The van der Waals surface area contributed by atoms with Crippen molar-refractivity contribution < 1.29 is 14.4 Å². The predicted octanol–water partition coefficient (Wildman–Crippen LogP) is 2.00. The van der Waals surface area contributed by atoms with Crippen LogP contribution in [0.2, 0.25) is 5.02 Å². The zero-order valence-corrected chi connectivity index (χ0v) is 16.0. The van der Waals surface area contributed by atoms with Gasteiger partial charge in [-0.25, -0.2) is 0 Å². The van der Waals surface area contributed by atoms with E-state index in [1.165, 1.54) is 4.90 Å². The standard InChI is InChI=1S/C20H24ClN3O2/c1-15-7-8-17(16(21)13-15)22-20(25)14-23-9-11-24(12-10-23)18-5-3-4-6-19(18)26-2/h3-8,13H,9-12,14H2,1-2H3,(H,22,25)/p+1. The normalized spacial score (nSPS) is 15.0. The van der Waals surface area contributed by atoms with Crippen molar-refractivity contribution in [3.05, 3.63) is 53.1 Å². The van der Waals surface area contributed by atoms with Gasteiger partial charge in [-0.3, -0.25) is 4.79 Å². The van der Waals surface area contributed by atoms with Crippen molar-refractivity contribution in [2.75, 3.05) is 50.1 Å². The maximum Gasteiger partial charge on any atom is 0.279 e. The summed E-state index contributed by atoms with van der Waals surface area (Å²) >= 11 is 6.19. The Labute approximate surface area is 159 Å². The molecule has 1 fully saturated rings. The van der Waals surface area contributed by atoms with Crippen molar-refractivity contribution in [1.29, 1.82) is 0 Å². The quantitative estimate of drug-likeness (QED) is 0.841. The molecular formula is C20H25ClN3O2+. The van der Waals surface area contributed by atoms with E-state index in [4.69, 9.17) is 16.3 Å². The van der Waals surface area contributed by atoms with Gasteiger partial charge in [0.05, 0.1) is 49.7 Å². The molecule has 2 aromatic carbocycles. The number of piperazine rings is 1. The van der Waals surface area contributed by atoms with Crippen molar-refractivity contribution in [1.82, 2.24) is 0 Å². The molecule has 0 bridgehead atoms. The van der Waals surface area contributed by atoms with E-state index in [2.05, 4.69) is 16.3 Å². The maximum atomic E-state index is 12.3. The highest BCUT2D eigenvalue weighted by Gasteiger charge is 2.24. The Kier molecular flexibility index (Phi) is 6.01. The number of hydrogen-bond donors (Lipinski definition) is 2. The minimum absolute atomic E-state index is 0.00325. The van der Waals surface area contributed by atoms with Crippen LogP contribution in [-0.4, -0.2) is 45.7 Å². The van der Waals surface area contributed by atoms with Gasteiger partial charge in [0.1, 0.15) is 5.75 Å². The number of halogens is 1. The third kappa shape index (κ3) is 4.48. The molecule has 0 aliphatic carbocycles. The number of benzene rings is 2. The molecule has 138 valence electrons. The Morgan fingerprint density at radius 1 is 1.23 bits per heavy atom. The summed E-state index contributed by atoms with van der Waals surface area (Å²) in [6, 6.07) is 13.7. The van der Waals surface area contributed by atoms with Gasteiger partial charge >= 0.3 is 0 Å². The Bertz CT molecular complexity index is 773. The highest BCUT2D eigenvalue weighted by Crippen LogP contribution is 2.27. The second-order valence-electron chi connectivity index (χ2n) is 6.62. The lowest BCUT2D eigenvalue weighted by molar-refractivity contribution is -0.892. The molecule has 0 aromatic heterocycles. The second kappa shape index (κ2) is 8.43. The average molecular weight is 375 g/mol. The molecule has 0 atom stereocenters. The summed E-state index contributed by atoms with van der Waals surface area (Å²) in [5.74, 6) is 0.888. The number of aryl methyl sites for hydroxylation is 1. The van der Waals surface area contributed by atoms with Gasteiger partial charge in [-0.2, -0.15) is 0 Å². The molecule has 1 heterocycles. The molecule has 1 aliphatic rings. The first-order valence-electron chi connectivity index (χ1n) is 8.84. The third-order valence-electron chi connectivity index (χ3n) is 4.71. The highest BCUT2D eigenvalue weighted by molar-refractivity contribution is 6.33. The number of nitrogens with one attached hydrogen (secondary N) is 2. The maximum absolute atomic E-state index is 12.3. The summed E-state index contributed by atoms with van der Waals surface area (Å²) in [6.45, 7) is 6.04. The fraction of sp³-hybridized carbons (Fsp3) is 0.350. The molecule has 1 aliphatic heterocycles. The number of carbonyl (C=O) groups excluding carboxylic acids is 1. The van der Waals surface area contributed by atoms with E-state index in [-0.39, 0.29) is 5.91 Å². The van der Waals surface area contributed by atoms with E-state index >= 15 is 0 Å². The van der Waals surface area contributed by atoms with Gasteiger partial charge in [0, 0.05) is 0 Å². The topological polar surface area (TPSA) is 46.0 Å². The van der Waals surface area contributed by atoms with Crippen molar-refractivity contribution in [3.63, 3.8) is 0 Å². The zero-order chi connectivity index (χ0) is 18.5. The second-order valence-corrected chi connectivity index (χ2v) is 7.02. The summed E-state index contributed by atoms with van der Waals surface area (Å²) in [5, 5.41) is 3.50. The van der Waals surface area contributed by atoms with Crippen LogP contribution in [-0.2, 0) is 4.79 Å². The van der Waals surface area contributed by atoms with Crippen molar-refractivity contribution in [3.8, 4) is 5.75 Å². The summed E-state index contributed by atoms with van der Waals surface area (Å²) in [5.41, 5.74) is 2.87. The molecule has 2 N–H and O–H groups in total. The van der Waals surface area contributed by atoms with Crippen LogP contribution in [0, 0.1) is 6.92 Å². The molecule has 1 saturated heterocycles. The van der Waals surface area contributed by atoms with Crippen LogP contribution in [0.3, 0.4) is 0 Å². The van der Waals surface area contributed by atoms with E-state index in [0.717, 1.165) is 43.2 Å². The van der Waals surface area contributed by atoms with Gasteiger partial charge in [-0.15, -0.1) is 0 Å². The molecule has 5 nitrogen and oxygen atoms in total. The predicted molar refractivity (Wildman–Crippen MR) is 106 cm³/mol. The number of hydrogen-bond acceptors (Lipinski definition) is 3. The SMILES string of the molecule is COc1ccccc1N1CC[NH+](CC(=O)Nc2ccc(C)cc2Cl)CC1. The van der Waals surface area contributed by atoms with Gasteiger partial charge in [0.15, 0.2) is 6.54 Å². The molecular weight excluding hydrogens is 350 g/mol. The van der Waals surface area contributed by atoms with Crippen LogP contribution >= 0.6 is 11.6 Å². The van der Waals surface area contributed by atoms with Crippen LogP contribution in [0.25, 0.3) is 0 Å². The largest absolute Gasteiger partial charge is 0.495 e. The number of amides is 1. The van der Waals surface area contributed by atoms with Gasteiger partial charge < -0.3 is 19.9 Å². The average Bonchev–Trinajstić information content (AvgIpc) is 2.64.